The summed E-state index contributed by atoms with van der Waals surface area (Å²) in [4.78, 5) is 12.4. The lowest BCUT2D eigenvalue weighted by molar-refractivity contribution is -0.125. The van der Waals surface area contributed by atoms with Crippen LogP contribution in [0.25, 0.3) is 0 Å². The minimum Gasteiger partial charge on any atom is -0.353 e. The standard InChI is InChI=1S/C19H28N2O.ClH/c20-14-19(9-5-2-6-10-19)13-18(22)21-17-11-16(12-17)15-7-3-1-4-8-15;/h1,3-4,7-8,16-17H,2,5-6,9-14,20H2,(H,21,22);1H. The van der Waals surface area contributed by atoms with Gasteiger partial charge in [0.1, 0.15) is 0 Å². The van der Waals surface area contributed by atoms with Gasteiger partial charge in [-0.15, -0.1) is 12.4 Å². The Morgan fingerprint density at radius 2 is 1.78 bits per heavy atom. The summed E-state index contributed by atoms with van der Waals surface area (Å²) in [6.07, 6.45) is 8.76. The second-order valence-corrected chi connectivity index (χ2v) is 7.29. The summed E-state index contributed by atoms with van der Waals surface area (Å²) in [7, 11) is 0. The van der Waals surface area contributed by atoms with Gasteiger partial charge >= 0.3 is 0 Å². The Morgan fingerprint density at radius 1 is 1.13 bits per heavy atom. The van der Waals surface area contributed by atoms with E-state index in [1.807, 2.05) is 0 Å². The molecule has 0 spiro atoms. The van der Waals surface area contributed by atoms with Gasteiger partial charge in [-0.25, -0.2) is 0 Å². The van der Waals surface area contributed by atoms with Crippen molar-refractivity contribution in [1.82, 2.24) is 5.32 Å². The van der Waals surface area contributed by atoms with Crippen LogP contribution in [0.3, 0.4) is 0 Å². The minimum atomic E-state index is 0. The van der Waals surface area contributed by atoms with Gasteiger partial charge in [0.05, 0.1) is 0 Å². The highest BCUT2D eigenvalue weighted by atomic mass is 35.5. The molecule has 0 saturated heterocycles. The number of nitrogens with one attached hydrogen (secondary N) is 1. The normalized spacial score (nSPS) is 25.8. The molecule has 0 unspecified atom stereocenters. The first-order valence-electron chi connectivity index (χ1n) is 8.75. The molecule has 2 saturated carbocycles. The van der Waals surface area contributed by atoms with Crippen molar-refractivity contribution in [2.24, 2.45) is 11.1 Å². The van der Waals surface area contributed by atoms with E-state index < -0.39 is 0 Å². The zero-order valence-electron chi connectivity index (χ0n) is 13.8. The summed E-state index contributed by atoms with van der Waals surface area (Å²) >= 11 is 0. The maximum Gasteiger partial charge on any atom is 0.220 e. The fourth-order valence-electron chi connectivity index (χ4n) is 4.11. The van der Waals surface area contributed by atoms with Crippen LogP contribution >= 0.6 is 12.4 Å². The molecule has 1 aromatic carbocycles. The van der Waals surface area contributed by atoms with E-state index in [0.717, 1.165) is 25.7 Å². The van der Waals surface area contributed by atoms with Crippen LogP contribution in [0.1, 0.15) is 62.8 Å². The zero-order valence-corrected chi connectivity index (χ0v) is 14.6. The van der Waals surface area contributed by atoms with Crippen LogP contribution in [0.2, 0.25) is 0 Å². The van der Waals surface area contributed by atoms with Crippen molar-refractivity contribution in [2.75, 3.05) is 6.54 Å². The second-order valence-electron chi connectivity index (χ2n) is 7.29. The third-order valence-electron chi connectivity index (χ3n) is 5.66. The summed E-state index contributed by atoms with van der Waals surface area (Å²) in [6.45, 7) is 0.651. The molecule has 1 aromatic rings. The molecule has 0 aromatic heterocycles. The van der Waals surface area contributed by atoms with Gasteiger partial charge < -0.3 is 11.1 Å². The Kier molecular flexibility index (Phi) is 6.49. The lowest BCUT2D eigenvalue weighted by atomic mass is 9.71. The number of carbonyl (C=O) groups is 1. The van der Waals surface area contributed by atoms with Gasteiger partial charge in [-0.3, -0.25) is 4.79 Å². The fourth-order valence-corrected chi connectivity index (χ4v) is 4.11. The third kappa shape index (κ3) is 4.48. The highest BCUT2D eigenvalue weighted by Crippen LogP contribution is 2.39. The van der Waals surface area contributed by atoms with Crippen LogP contribution in [0, 0.1) is 5.41 Å². The number of halogens is 1. The number of amides is 1. The van der Waals surface area contributed by atoms with E-state index in [9.17, 15) is 4.79 Å². The Morgan fingerprint density at radius 3 is 2.39 bits per heavy atom. The predicted octanol–water partition coefficient (Wildman–Crippen LogP) is 3.77. The molecule has 3 N–H and O–H groups in total. The first-order chi connectivity index (χ1) is 10.7. The van der Waals surface area contributed by atoms with Gasteiger partial charge in [0, 0.05) is 12.5 Å². The fraction of sp³-hybridized carbons (Fsp3) is 0.632. The SMILES string of the molecule is Cl.NCC1(CC(=O)NC2CC(c3ccccc3)C2)CCCCC1. The molecule has 2 aliphatic carbocycles. The maximum atomic E-state index is 12.4. The molecule has 1 amide bonds. The molecule has 2 aliphatic rings. The number of nitrogens with two attached hydrogens (primary N) is 1. The average molecular weight is 337 g/mol. The van der Waals surface area contributed by atoms with E-state index in [0.29, 0.717) is 24.9 Å². The molecular formula is C19H29ClN2O. The maximum absolute atomic E-state index is 12.4. The highest BCUT2D eigenvalue weighted by molar-refractivity contribution is 5.85. The molecular weight excluding hydrogens is 308 g/mol. The Balaban J connectivity index is 0.00000192. The second kappa shape index (κ2) is 8.16. The van der Waals surface area contributed by atoms with E-state index in [-0.39, 0.29) is 23.7 Å². The van der Waals surface area contributed by atoms with Crippen LogP contribution in [0.15, 0.2) is 30.3 Å². The van der Waals surface area contributed by atoms with Gasteiger partial charge in [0.2, 0.25) is 5.91 Å². The lowest BCUT2D eigenvalue weighted by Gasteiger charge is -2.39. The Labute approximate surface area is 145 Å². The van der Waals surface area contributed by atoms with Crippen LogP contribution in [-0.4, -0.2) is 18.5 Å². The molecule has 0 atom stereocenters. The molecule has 4 heteroatoms. The highest BCUT2D eigenvalue weighted by Gasteiger charge is 2.35. The van der Waals surface area contributed by atoms with Crippen molar-refractivity contribution in [3.63, 3.8) is 0 Å². The summed E-state index contributed by atoms with van der Waals surface area (Å²) < 4.78 is 0. The largest absolute Gasteiger partial charge is 0.353 e. The van der Waals surface area contributed by atoms with E-state index in [4.69, 9.17) is 5.73 Å². The Bertz CT molecular complexity index is 493. The van der Waals surface area contributed by atoms with E-state index in [1.54, 1.807) is 0 Å². The van der Waals surface area contributed by atoms with Gasteiger partial charge in [-0.1, -0.05) is 49.6 Å². The first kappa shape index (κ1) is 18.3. The van der Waals surface area contributed by atoms with E-state index >= 15 is 0 Å². The first-order valence-corrected chi connectivity index (χ1v) is 8.75. The molecule has 3 rings (SSSR count). The van der Waals surface area contributed by atoms with Crippen molar-refractivity contribution >= 4 is 18.3 Å². The summed E-state index contributed by atoms with van der Waals surface area (Å²) in [5.74, 6) is 0.827. The molecule has 0 aliphatic heterocycles. The van der Waals surface area contributed by atoms with Crippen LogP contribution in [-0.2, 0) is 4.79 Å². The molecule has 0 bridgehead atoms. The molecule has 3 nitrogen and oxygen atoms in total. The van der Waals surface area contributed by atoms with Gasteiger partial charge in [0.25, 0.3) is 0 Å². The summed E-state index contributed by atoms with van der Waals surface area (Å²) in [5.41, 5.74) is 7.46. The smallest absolute Gasteiger partial charge is 0.220 e. The van der Waals surface area contributed by atoms with Crippen molar-refractivity contribution in [2.45, 2.75) is 63.3 Å². The summed E-state index contributed by atoms with van der Waals surface area (Å²) in [5, 5.41) is 3.23. The van der Waals surface area contributed by atoms with E-state index in [1.165, 1.54) is 24.8 Å². The third-order valence-corrected chi connectivity index (χ3v) is 5.66. The van der Waals surface area contributed by atoms with Crippen LogP contribution in [0.4, 0.5) is 0 Å². The van der Waals surface area contributed by atoms with Crippen molar-refractivity contribution in [3.8, 4) is 0 Å². The summed E-state index contributed by atoms with van der Waals surface area (Å²) in [6, 6.07) is 11.0. The predicted molar refractivity (Wildman–Crippen MR) is 96.8 cm³/mol. The van der Waals surface area contributed by atoms with Crippen molar-refractivity contribution in [1.29, 1.82) is 0 Å². The Hall–Kier alpha value is -1.06. The molecule has 2 fully saturated rings. The number of carbonyl (C=O) groups excluding carboxylic acids is 1. The molecule has 0 radical (unpaired) electrons. The molecule has 23 heavy (non-hydrogen) atoms. The monoisotopic (exact) mass is 336 g/mol. The van der Waals surface area contributed by atoms with E-state index in [2.05, 4.69) is 35.6 Å². The van der Waals surface area contributed by atoms with Crippen molar-refractivity contribution in [3.05, 3.63) is 35.9 Å². The van der Waals surface area contributed by atoms with Gasteiger partial charge in [0.15, 0.2) is 0 Å². The zero-order chi connectivity index (χ0) is 15.4. The van der Waals surface area contributed by atoms with Crippen LogP contribution < -0.4 is 11.1 Å². The van der Waals surface area contributed by atoms with Crippen LogP contribution in [0.5, 0.6) is 0 Å². The lowest BCUT2D eigenvalue weighted by Crippen LogP contribution is -2.46. The topological polar surface area (TPSA) is 55.1 Å². The molecule has 128 valence electrons. The molecule has 0 heterocycles. The number of hydrogen-bond donors (Lipinski definition) is 2. The number of benzene rings is 1. The quantitative estimate of drug-likeness (QED) is 0.860. The van der Waals surface area contributed by atoms with Crippen molar-refractivity contribution < 1.29 is 4.79 Å². The van der Waals surface area contributed by atoms with Gasteiger partial charge in [-0.2, -0.15) is 0 Å². The number of rotatable bonds is 5. The minimum absolute atomic E-state index is 0. The number of hydrogen-bond acceptors (Lipinski definition) is 2. The van der Waals surface area contributed by atoms with Gasteiger partial charge in [-0.05, 0) is 49.1 Å². The average Bonchev–Trinajstić information content (AvgIpc) is 2.52.